The predicted octanol–water partition coefficient (Wildman–Crippen LogP) is 4.18. The molecular formula is C15H28O2. The fourth-order valence-electron chi connectivity index (χ4n) is 3.25. The monoisotopic (exact) mass is 240 g/mol. The van der Waals surface area contributed by atoms with E-state index < -0.39 is 0 Å². The molecular weight excluding hydrogens is 212 g/mol. The summed E-state index contributed by atoms with van der Waals surface area (Å²) in [5.41, 5.74) is -0.530. The second kappa shape index (κ2) is 4.99. The lowest BCUT2D eigenvalue weighted by molar-refractivity contribution is -0.169. The fraction of sp³-hybridized carbons (Fsp3) is 0.933. The van der Waals surface area contributed by atoms with Crippen molar-refractivity contribution in [2.45, 2.75) is 72.8 Å². The van der Waals surface area contributed by atoms with Crippen LogP contribution in [0.15, 0.2) is 0 Å². The molecule has 3 atom stereocenters. The van der Waals surface area contributed by atoms with E-state index >= 15 is 0 Å². The maximum atomic E-state index is 12.2. The summed E-state index contributed by atoms with van der Waals surface area (Å²) < 4.78 is 5.54. The Morgan fingerprint density at radius 2 is 1.82 bits per heavy atom. The smallest absolute Gasteiger partial charge is 0.312 e. The highest BCUT2D eigenvalue weighted by molar-refractivity contribution is 5.78. The maximum Gasteiger partial charge on any atom is 0.312 e. The molecule has 100 valence electrons. The highest BCUT2D eigenvalue weighted by Crippen LogP contribution is 2.56. The molecule has 2 aliphatic carbocycles. The SMILES string of the molecule is CC.CC(C)(C)OC(=O)C1(C)CC2CCC1C2. The van der Waals surface area contributed by atoms with Gasteiger partial charge >= 0.3 is 5.97 Å². The molecule has 0 aromatic carbocycles. The van der Waals surface area contributed by atoms with E-state index in [9.17, 15) is 4.79 Å². The second-order valence-corrected chi connectivity index (χ2v) is 6.50. The average Bonchev–Trinajstić information content (AvgIpc) is 2.78. The Labute approximate surface area is 106 Å². The fourth-order valence-corrected chi connectivity index (χ4v) is 3.25. The molecule has 2 nitrogen and oxygen atoms in total. The molecule has 2 heteroatoms. The molecule has 3 unspecified atom stereocenters. The predicted molar refractivity (Wildman–Crippen MR) is 70.7 cm³/mol. The van der Waals surface area contributed by atoms with Crippen molar-refractivity contribution < 1.29 is 9.53 Å². The van der Waals surface area contributed by atoms with Crippen LogP contribution < -0.4 is 0 Å². The van der Waals surface area contributed by atoms with E-state index in [1.54, 1.807) is 0 Å². The minimum atomic E-state index is -0.345. The van der Waals surface area contributed by atoms with E-state index in [1.807, 2.05) is 34.6 Å². The summed E-state index contributed by atoms with van der Waals surface area (Å²) in [6, 6.07) is 0. The van der Waals surface area contributed by atoms with Gasteiger partial charge in [-0.1, -0.05) is 20.3 Å². The third kappa shape index (κ3) is 3.02. The normalized spacial score (nSPS) is 35.2. The minimum absolute atomic E-state index is 0.0298. The van der Waals surface area contributed by atoms with Crippen molar-refractivity contribution in [3.8, 4) is 0 Å². The molecule has 0 radical (unpaired) electrons. The van der Waals surface area contributed by atoms with Gasteiger partial charge in [-0.05, 0) is 58.8 Å². The van der Waals surface area contributed by atoms with Gasteiger partial charge in [-0.3, -0.25) is 4.79 Å². The zero-order valence-corrected chi connectivity index (χ0v) is 12.3. The second-order valence-electron chi connectivity index (χ2n) is 6.50. The number of fused-ring (bicyclic) bond motifs is 2. The molecule has 0 aliphatic heterocycles. The van der Waals surface area contributed by atoms with Gasteiger partial charge in [0.25, 0.3) is 0 Å². The molecule has 17 heavy (non-hydrogen) atoms. The molecule has 2 fully saturated rings. The van der Waals surface area contributed by atoms with Gasteiger partial charge in [0.05, 0.1) is 5.41 Å². The Kier molecular flexibility index (Phi) is 4.27. The number of esters is 1. The molecule has 2 saturated carbocycles. The van der Waals surface area contributed by atoms with E-state index in [1.165, 1.54) is 19.3 Å². The Morgan fingerprint density at radius 1 is 1.24 bits per heavy atom. The van der Waals surface area contributed by atoms with Crippen LogP contribution in [-0.4, -0.2) is 11.6 Å². The van der Waals surface area contributed by atoms with Gasteiger partial charge in [0, 0.05) is 0 Å². The number of hydrogen-bond donors (Lipinski definition) is 0. The Morgan fingerprint density at radius 3 is 2.18 bits per heavy atom. The van der Waals surface area contributed by atoms with E-state index in [-0.39, 0.29) is 17.0 Å². The highest BCUT2D eigenvalue weighted by Gasteiger charge is 2.53. The van der Waals surface area contributed by atoms with Crippen molar-refractivity contribution in [2.24, 2.45) is 17.3 Å². The van der Waals surface area contributed by atoms with Gasteiger partial charge in [-0.15, -0.1) is 0 Å². The molecule has 2 bridgehead atoms. The summed E-state index contributed by atoms with van der Waals surface area (Å²) >= 11 is 0. The van der Waals surface area contributed by atoms with Gasteiger partial charge in [0.15, 0.2) is 0 Å². The number of ether oxygens (including phenoxy) is 1. The van der Waals surface area contributed by atoms with E-state index in [4.69, 9.17) is 4.74 Å². The summed E-state index contributed by atoms with van der Waals surface area (Å²) in [4.78, 5) is 12.2. The summed E-state index contributed by atoms with van der Waals surface area (Å²) in [5.74, 6) is 1.40. The van der Waals surface area contributed by atoms with E-state index in [2.05, 4.69) is 6.92 Å². The first-order valence-electron chi connectivity index (χ1n) is 7.05. The van der Waals surface area contributed by atoms with Crippen molar-refractivity contribution >= 4 is 5.97 Å². The van der Waals surface area contributed by atoms with Crippen LogP contribution in [0, 0.1) is 17.3 Å². The van der Waals surface area contributed by atoms with E-state index in [0.29, 0.717) is 5.92 Å². The minimum Gasteiger partial charge on any atom is -0.460 e. The number of carbonyl (C=O) groups excluding carboxylic acids is 1. The topological polar surface area (TPSA) is 26.3 Å². The van der Waals surface area contributed by atoms with Crippen molar-refractivity contribution in [3.05, 3.63) is 0 Å². The molecule has 0 saturated heterocycles. The summed E-state index contributed by atoms with van der Waals surface area (Å²) in [7, 11) is 0. The quantitative estimate of drug-likeness (QED) is 0.643. The maximum absolute atomic E-state index is 12.2. The van der Waals surface area contributed by atoms with E-state index in [0.717, 1.165) is 12.3 Å². The number of rotatable bonds is 1. The van der Waals surface area contributed by atoms with Crippen LogP contribution in [0.4, 0.5) is 0 Å². The van der Waals surface area contributed by atoms with Crippen LogP contribution in [0.2, 0.25) is 0 Å². The third-order valence-corrected chi connectivity index (χ3v) is 4.02. The molecule has 0 amide bonds. The van der Waals surface area contributed by atoms with Gasteiger partial charge in [-0.25, -0.2) is 0 Å². The summed E-state index contributed by atoms with van der Waals surface area (Å²) in [5, 5.41) is 0. The van der Waals surface area contributed by atoms with Crippen molar-refractivity contribution in [1.29, 1.82) is 0 Å². The van der Waals surface area contributed by atoms with Crippen molar-refractivity contribution in [2.75, 3.05) is 0 Å². The van der Waals surface area contributed by atoms with Crippen molar-refractivity contribution in [1.82, 2.24) is 0 Å². The first kappa shape index (κ1) is 14.5. The molecule has 0 N–H and O–H groups in total. The summed E-state index contributed by atoms with van der Waals surface area (Å²) in [6.07, 6.45) is 4.84. The lowest BCUT2D eigenvalue weighted by Gasteiger charge is -2.34. The first-order chi connectivity index (χ1) is 7.81. The zero-order chi connectivity index (χ0) is 13.3. The number of hydrogen-bond acceptors (Lipinski definition) is 2. The van der Waals surface area contributed by atoms with Crippen LogP contribution >= 0.6 is 0 Å². The lowest BCUT2D eigenvalue weighted by atomic mass is 9.75. The lowest BCUT2D eigenvalue weighted by Crippen LogP contribution is -2.39. The Balaban J connectivity index is 0.000000686. The van der Waals surface area contributed by atoms with Crippen LogP contribution in [0.25, 0.3) is 0 Å². The van der Waals surface area contributed by atoms with Crippen molar-refractivity contribution in [3.63, 3.8) is 0 Å². The molecule has 0 aromatic heterocycles. The molecule has 0 spiro atoms. The largest absolute Gasteiger partial charge is 0.460 e. The zero-order valence-electron chi connectivity index (χ0n) is 12.3. The van der Waals surface area contributed by atoms with Gasteiger partial charge in [0.1, 0.15) is 5.60 Å². The molecule has 2 rings (SSSR count). The first-order valence-corrected chi connectivity index (χ1v) is 7.05. The molecule has 0 aromatic rings. The highest BCUT2D eigenvalue weighted by atomic mass is 16.6. The average molecular weight is 240 g/mol. The molecule has 2 aliphatic rings. The number of carbonyl (C=O) groups is 1. The standard InChI is InChI=1S/C13H22O2.C2H6/c1-12(2,3)15-11(14)13(4)8-9-5-6-10(13)7-9;1-2/h9-10H,5-8H2,1-4H3;1-2H3. The van der Waals surface area contributed by atoms with Gasteiger partial charge < -0.3 is 4.74 Å². The Hall–Kier alpha value is -0.530. The van der Waals surface area contributed by atoms with Gasteiger partial charge in [-0.2, -0.15) is 0 Å². The third-order valence-electron chi connectivity index (χ3n) is 4.02. The van der Waals surface area contributed by atoms with Crippen LogP contribution in [0.3, 0.4) is 0 Å². The van der Waals surface area contributed by atoms with Gasteiger partial charge in [0.2, 0.25) is 0 Å². The van der Waals surface area contributed by atoms with Crippen LogP contribution in [-0.2, 0) is 9.53 Å². The van der Waals surface area contributed by atoms with Crippen LogP contribution in [0.1, 0.15) is 67.2 Å². The molecule has 0 heterocycles. The summed E-state index contributed by atoms with van der Waals surface area (Å²) in [6.45, 7) is 11.9. The van der Waals surface area contributed by atoms with Crippen LogP contribution in [0.5, 0.6) is 0 Å². The Bertz CT molecular complexity index is 277.